The van der Waals surface area contributed by atoms with Crippen molar-refractivity contribution in [2.24, 2.45) is 5.92 Å². The molecule has 0 aromatic rings. The maximum Gasteiger partial charge on any atom is -0.0325 e. The Balaban J connectivity index is 3.24. The third-order valence-corrected chi connectivity index (χ3v) is 3.52. The van der Waals surface area contributed by atoms with E-state index in [1.165, 1.54) is 64.2 Å². The Morgan fingerprint density at radius 2 is 1.39 bits per heavy atom. The lowest BCUT2D eigenvalue weighted by atomic mass is 9.99. The van der Waals surface area contributed by atoms with Crippen molar-refractivity contribution >= 4 is 0 Å². The molecule has 1 atom stereocenters. The summed E-state index contributed by atoms with van der Waals surface area (Å²) in [5.41, 5.74) is 0. The lowest BCUT2D eigenvalue weighted by Crippen LogP contribution is -1.92. The van der Waals surface area contributed by atoms with Gasteiger partial charge in [0.25, 0.3) is 0 Å². The summed E-state index contributed by atoms with van der Waals surface area (Å²) in [6.45, 7) is 10.1. The minimum Gasteiger partial charge on any atom is -0.0885 e. The van der Waals surface area contributed by atoms with E-state index in [0.29, 0.717) is 0 Å². The second-order valence-corrected chi connectivity index (χ2v) is 5.57. The highest BCUT2D eigenvalue weighted by molar-refractivity contribution is 4.83. The summed E-state index contributed by atoms with van der Waals surface area (Å²) in [6.07, 6.45) is 20.3. The van der Waals surface area contributed by atoms with Gasteiger partial charge in [0.05, 0.1) is 0 Å². The predicted molar refractivity (Wildman–Crippen MR) is 84.4 cm³/mol. The fourth-order valence-corrected chi connectivity index (χ4v) is 2.20. The number of hydrogen-bond acceptors (Lipinski definition) is 0. The second kappa shape index (κ2) is 14.8. The van der Waals surface area contributed by atoms with Crippen molar-refractivity contribution in [1.29, 1.82) is 0 Å². The van der Waals surface area contributed by atoms with Crippen molar-refractivity contribution in [3.05, 3.63) is 26.0 Å². The first-order valence-electron chi connectivity index (χ1n) is 8.04. The van der Waals surface area contributed by atoms with Gasteiger partial charge in [0.15, 0.2) is 0 Å². The van der Waals surface area contributed by atoms with Gasteiger partial charge in [0.1, 0.15) is 0 Å². The first-order chi connectivity index (χ1) is 8.81. The van der Waals surface area contributed by atoms with Crippen molar-refractivity contribution in [2.45, 2.75) is 84.0 Å². The Labute approximate surface area is 116 Å². The van der Waals surface area contributed by atoms with Crippen LogP contribution in [0.15, 0.2) is 12.2 Å². The molecule has 0 nitrogen and oxygen atoms in total. The lowest BCUT2D eigenvalue weighted by molar-refractivity contribution is 0.491. The molecule has 0 N–H and O–H groups in total. The molecule has 0 aliphatic heterocycles. The van der Waals surface area contributed by atoms with E-state index in [9.17, 15) is 0 Å². The van der Waals surface area contributed by atoms with Crippen LogP contribution in [0.4, 0.5) is 0 Å². The molecule has 0 aliphatic carbocycles. The average Bonchev–Trinajstić information content (AvgIpc) is 2.37. The average molecular weight is 250 g/mol. The van der Waals surface area contributed by atoms with E-state index in [-0.39, 0.29) is 0 Å². The van der Waals surface area contributed by atoms with Crippen LogP contribution in [0.1, 0.15) is 84.0 Å². The zero-order valence-electron chi connectivity index (χ0n) is 12.6. The van der Waals surface area contributed by atoms with E-state index >= 15 is 0 Å². The van der Waals surface area contributed by atoms with Gasteiger partial charge in [0, 0.05) is 0 Å². The van der Waals surface area contributed by atoms with Crippen molar-refractivity contribution in [2.75, 3.05) is 0 Å². The van der Waals surface area contributed by atoms with E-state index in [1.807, 2.05) is 0 Å². The topological polar surface area (TPSA) is 0 Å². The van der Waals surface area contributed by atoms with Gasteiger partial charge in [-0.05, 0) is 25.2 Å². The van der Waals surface area contributed by atoms with Gasteiger partial charge in [-0.3, -0.25) is 0 Å². The molecule has 0 fully saturated rings. The highest BCUT2D eigenvalue weighted by atomic mass is 14.0. The standard InChI is InChI=1S/C18H34/c1-4-6-8-10-11-13-15-17-18(3)16-14-12-9-7-5-2/h13,15,18H,1-2,4-12,14,16-17H2,3H3/b15-13+. The molecule has 0 saturated carbocycles. The summed E-state index contributed by atoms with van der Waals surface area (Å²) in [4.78, 5) is 0. The van der Waals surface area contributed by atoms with Gasteiger partial charge in [-0.2, -0.15) is 0 Å². The van der Waals surface area contributed by atoms with E-state index in [0.717, 1.165) is 18.8 Å². The third kappa shape index (κ3) is 13.8. The van der Waals surface area contributed by atoms with Crippen LogP contribution in [0.2, 0.25) is 0 Å². The molecular weight excluding hydrogens is 216 g/mol. The number of unbranched alkanes of at least 4 members (excludes halogenated alkanes) is 8. The molecule has 0 heteroatoms. The second-order valence-electron chi connectivity index (χ2n) is 5.57. The Bertz CT molecular complexity index is 169. The first kappa shape index (κ1) is 17.7. The summed E-state index contributed by atoms with van der Waals surface area (Å²) < 4.78 is 0. The SMILES string of the molecule is [CH2]CCCCC/C=C/CC(C)CCCCCC[CH2]. The lowest BCUT2D eigenvalue weighted by Gasteiger charge is -2.08. The molecule has 1 unspecified atom stereocenters. The molecule has 0 aliphatic rings. The van der Waals surface area contributed by atoms with E-state index in [1.54, 1.807) is 0 Å². The van der Waals surface area contributed by atoms with Crippen LogP contribution >= 0.6 is 0 Å². The third-order valence-electron chi connectivity index (χ3n) is 3.52. The number of rotatable bonds is 13. The van der Waals surface area contributed by atoms with Crippen LogP contribution < -0.4 is 0 Å². The first-order valence-corrected chi connectivity index (χ1v) is 8.04. The zero-order chi connectivity index (χ0) is 13.5. The highest BCUT2D eigenvalue weighted by Crippen LogP contribution is 2.15. The van der Waals surface area contributed by atoms with Crippen LogP contribution in [-0.2, 0) is 0 Å². The van der Waals surface area contributed by atoms with Gasteiger partial charge < -0.3 is 0 Å². The van der Waals surface area contributed by atoms with Crippen LogP contribution in [0.25, 0.3) is 0 Å². The van der Waals surface area contributed by atoms with Gasteiger partial charge in [-0.1, -0.05) is 90.7 Å². The van der Waals surface area contributed by atoms with Crippen LogP contribution in [0, 0.1) is 19.8 Å². The van der Waals surface area contributed by atoms with Gasteiger partial charge in [-0.15, -0.1) is 0 Å². The van der Waals surface area contributed by atoms with Crippen molar-refractivity contribution in [1.82, 2.24) is 0 Å². The molecule has 18 heavy (non-hydrogen) atoms. The fraction of sp³-hybridized carbons (Fsp3) is 0.778. The smallest absolute Gasteiger partial charge is 0.0325 e. The summed E-state index contributed by atoms with van der Waals surface area (Å²) in [5.74, 6) is 0.862. The van der Waals surface area contributed by atoms with E-state index in [4.69, 9.17) is 0 Å². The number of hydrogen-bond donors (Lipinski definition) is 0. The summed E-state index contributed by atoms with van der Waals surface area (Å²) >= 11 is 0. The predicted octanol–water partition coefficient (Wildman–Crippen LogP) is 6.53. The Morgan fingerprint density at radius 1 is 0.778 bits per heavy atom. The van der Waals surface area contributed by atoms with E-state index in [2.05, 4.69) is 32.9 Å². The molecule has 0 amide bonds. The van der Waals surface area contributed by atoms with Gasteiger partial charge >= 0.3 is 0 Å². The molecule has 0 aromatic heterocycles. The molecule has 0 rings (SSSR count). The van der Waals surface area contributed by atoms with E-state index < -0.39 is 0 Å². The van der Waals surface area contributed by atoms with Crippen molar-refractivity contribution in [3.63, 3.8) is 0 Å². The molecular formula is C18H34. The fourth-order valence-electron chi connectivity index (χ4n) is 2.20. The molecule has 0 spiro atoms. The summed E-state index contributed by atoms with van der Waals surface area (Å²) in [5, 5.41) is 0. The highest BCUT2D eigenvalue weighted by Gasteiger charge is 1.99. The Hall–Kier alpha value is -0.260. The summed E-state index contributed by atoms with van der Waals surface area (Å²) in [7, 11) is 0. The normalized spacial score (nSPS) is 13.3. The van der Waals surface area contributed by atoms with Crippen LogP contribution in [0.3, 0.4) is 0 Å². The maximum absolute atomic E-state index is 3.88. The van der Waals surface area contributed by atoms with Crippen molar-refractivity contribution in [3.8, 4) is 0 Å². The molecule has 0 saturated heterocycles. The minimum absolute atomic E-state index is 0.862. The molecule has 0 bridgehead atoms. The zero-order valence-corrected chi connectivity index (χ0v) is 12.6. The van der Waals surface area contributed by atoms with Gasteiger partial charge in [-0.25, -0.2) is 0 Å². The van der Waals surface area contributed by atoms with Crippen molar-refractivity contribution < 1.29 is 0 Å². The number of allylic oxidation sites excluding steroid dienone is 2. The molecule has 2 radical (unpaired) electrons. The maximum atomic E-state index is 3.88. The summed E-state index contributed by atoms with van der Waals surface area (Å²) in [6, 6.07) is 0. The van der Waals surface area contributed by atoms with Crippen LogP contribution in [-0.4, -0.2) is 0 Å². The monoisotopic (exact) mass is 250 g/mol. The Morgan fingerprint density at radius 3 is 2.06 bits per heavy atom. The molecule has 0 aromatic carbocycles. The largest absolute Gasteiger partial charge is 0.0885 e. The molecule has 106 valence electrons. The van der Waals surface area contributed by atoms with Gasteiger partial charge in [0.2, 0.25) is 0 Å². The molecule has 0 heterocycles. The van der Waals surface area contributed by atoms with Crippen LogP contribution in [0.5, 0.6) is 0 Å². The quantitative estimate of drug-likeness (QED) is 0.257. The minimum atomic E-state index is 0.862. The Kier molecular flexibility index (Phi) is 14.6.